The number of carbonyl (C=O) groups is 1. The van der Waals surface area contributed by atoms with Crippen LogP contribution in [0.5, 0.6) is 5.75 Å². The van der Waals surface area contributed by atoms with Crippen LogP contribution in [0, 0.1) is 11.3 Å². The number of hydrogen-bond acceptors (Lipinski definition) is 4. The Hall–Kier alpha value is -1.87. The Balaban J connectivity index is 3.33. The first-order chi connectivity index (χ1) is 8.51. The molecule has 1 aromatic rings. The van der Waals surface area contributed by atoms with E-state index in [1.54, 1.807) is 13.0 Å². The fraction of sp³-hybridized carbons (Fsp3) is 0.273. The topological polar surface area (TPSA) is 59.3 Å². The number of esters is 1. The second kappa shape index (κ2) is 6.17. The van der Waals surface area contributed by atoms with E-state index in [1.165, 1.54) is 12.1 Å². The predicted molar refractivity (Wildman–Crippen MR) is 58.8 cm³/mol. The van der Waals surface area contributed by atoms with Gasteiger partial charge in [-0.15, -0.1) is 0 Å². The largest absolute Gasteiger partial charge is 0.462 e. The number of nitriles is 1. The third kappa shape index (κ3) is 3.08. The Morgan fingerprint density at radius 2 is 2.22 bits per heavy atom. The van der Waals surface area contributed by atoms with E-state index in [-0.39, 0.29) is 22.8 Å². The van der Waals surface area contributed by atoms with E-state index < -0.39 is 18.3 Å². The summed E-state index contributed by atoms with van der Waals surface area (Å²) in [5.74, 6) is -1.43. The van der Waals surface area contributed by atoms with E-state index in [2.05, 4.69) is 9.47 Å². The number of hydrogen-bond donors (Lipinski definition) is 0. The van der Waals surface area contributed by atoms with E-state index in [0.29, 0.717) is 0 Å². The van der Waals surface area contributed by atoms with Crippen molar-refractivity contribution < 1.29 is 23.0 Å². The maximum absolute atomic E-state index is 12.3. The Labute approximate surface area is 107 Å². The number of alkyl halides is 2. The molecule has 0 fully saturated rings. The van der Waals surface area contributed by atoms with E-state index in [0.717, 1.165) is 0 Å². The van der Waals surface area contributed by atoms with Gasteiger partial charge in [0.1, 0.15) is 17.2 Å². The molecule has 0 unspecified atom stereocenters. The lowest BCUT2D eigenvalue weighted by Gasteiger charge is -2.12. The van der Waals surface area contributed by atoms with Crippen molar-refractivity contribution in [3.05, 3.63) is 28.3 Å². The molecule has 0 aromatic heterocycles. The van der Waals surface area contributed by atoms with Crippen molar-refractivity contribution in [2.75, 3.05) is 6.61 Å². The van der Waals surface area contributed by atoms with Crippen LogP contribution in [-0.4, -0.2) is 19.2 Å². The minimum absolute atomic E-state index is 0.0669. The highest BCUT2D eigenvalue weighted by atomic mass is 35.5. The van der Waals surface area contributed by atoms with Crippen molar-refractivity contribution in [1.29, 1.82) is 5.26 Å². The minimum Gasteiger partial charge on any atom is -0.462 e. The van der Waals surface area contributed by atoms with Gasteiger partial charge in [0.2, 0.25) is 0 Å². The number of carbonyl (C=O) groups excluding carboxylic acids is 1. The first kappa shape index (κ1) is 14.2. The molecule has 96 valence electrons. The Kier molecular flexibility index (Phi) is 4.86. The number of benzene rings is 1. The summed E-state index contributed by atoms with van der Waals surface area (Å²) in [5, 5.41) is 8.75. The zero-order valence-electron chi connectivity index (χ0n) is 9.25. The predicted octanol–water partition coefficient (Wildman–Crippen LogP) is 2.99. The molecule has 0 spiro atoms. The minimum atomic E-state index is -3.18. The lowest BCUT2D eigenvalue weighted by molar-refractivity contribution is -0.0506. The third-order valence-electron chi connectivity index (χ3n) is 1.92. The molecule has 0 N–H and O–H groups in total. The summed E-state index contributed by atoms with van der Waals surface area (Å²) in [6, 6.07) is 4.01. The van der Waals surface area contributed by atoms with Crippen LogP contribution >= 0.6 is 11.6 Å². The van der Waals surface area contributed by atoms with Crippen LogP contribution in [0.2, 0.25) is 5.02 Å². The van der Waals surface area contributed by atoms with Crippen molar-refractivity contribution in [2.45, 2.75) is 13.5 Å². The SMILES string of the molecule is CCOC(=O)c1ccc(Cl)c(C#N)c1OC(F)F. The monoisotopic (exact) mass is 275 g/mol. The lowest BCUT2D eigenvalue weighted by atomic mass is 10.1. The zero-order chi connectivity index (χ0) is 13.7. The molecule has 0 saturated heterocycles. The van der Waals surface area contributed by atoms with Crippen molar-refractivity contribution >= 4 is 17.6 Å². The maximum atomic E-state index is 12.3. The van der Waals surface area contributed by atoms with Crippen molar-refractivity contribution in [2.24, 2.45) is 0 Å². The molecule has 4 nitrogen and oxygen atoms in total. The second-order valence-corrected chi connectivity index (χ2v) is 3.42. The molecule has 7 heteroatoms. The molecule has 18 heavy (non-hydrogen) atoms. The van der Waals surface area contributed by atoms with Gasteiger partial charge in [-0.25, -0.2) is 4.79 Å². The van der Waals surface area contributed by atoms with E-state index in [1.807, 2.05) is 0 Å². The molecule has 0 aliphatic rings. The zero-order valence-corrected chi connectivity index (χ0v) is 10.0. The fourth-order valence-electron chi connectivity index (χ4n) is 1.24. The van der Waals surface area contributed by atoms with Gasteiger partial charge in [0.25, 0.3) is 0 Å². The number of nitrogens with zero attached hydrogens (tertiary/aromatic N) is 1. The number of halogens is 3. The normalized spacial score (nSPS) is 10.0. The van der Waals surface area contributed by atoms with Gasteiger partial charge in [-0.05, 0) is 19.1 Å². The van der Waals surface area contributed by atoms with Gasteiger partial charge in [0.05, 0.1) is 11.6 Å². The van der Waals surface area contributed by atoms with Crippen LogP contribution in [0.25, 0.3) is 0 Å². The number of ether oxygens (including phenoxy) is 2. The van der Waals surface area contributed by atoms with Crippen LogP contribution in [0.1, 0.15) is 22.8 Å². The van der Waals surface area contributed by atoms with Gasteiger partial charge in [0.15, 0.2) is 5.75 Å². The molecule has 0 atom stereocenters. The van der Waals surface area contributed by atoms with Crippen LogP contribution in [0.15, 0.2) is 12.1 Å². The molecule has 0 amide bonds. The lowest BCUT2D eigenvalue weighted by Crippen LogP contribution is -2.12. The summed E-state index contributed by atoms with van der Waals surface area (Å²) >= 11 is 5.67. The summed E-state index contributed by atoms with van der Waals surface area (Å²) in [4.78, 5) is 11.5. The molecule has 1 aromatic carbocycles. The molecular weight excluding hydrogens is 268 g/mol. The summed E-state index contributed by atoms with van der Waals surface area (Å²) < 4.78 is 33.4. The Bertz CT molecular complexity index is 500. The van der Waals surface area contributed by atoms with Gasteiger partial charge in [-0.2, -0.15) is 14.0 Å². The van der Waals surface area contributed by atoms with Gasteiger partial charge < -0.3 is 9.47 Å². The van der Waals surface area contributed by atoms with Crippen LogP contribution in [0.4, 0.5) is 8.78 Å². The van der Waals surface area contributed by atoms with Gasteiger partial charge >= 0.3 is 12.6 Å². The van der Waals surface area contributed by atoms with Crippen molar-refractivity contribution in [3.63, 3.8) is 0 Å². The smallest absolute Gasteiger partial charge is 0.387 e. The van der Waals surface area contributed by atoms with Crippen LogP contribution < -0.4 is 4.74 Å². The van der Waals surface area contributed by atoms with Gasteiger partial charge in [-0.3, -0.25) is 0 Å². The number of rotatable bonds is 4. The third-order valence-corrected chi connectivity index (χ3v) is 2.24. The molecule has 0 radical (unpaired) electrons. The first-order valence-electron chi connectivity index (χ1n) is 4.85. The second-order valence-electron chi connectivity index (χ2n) is 3.01. The molecular formula is C11H8ClF2NO3. The van der Waals surface area contributed by atoms with Crippen LogP contribution in [-0.2, 0) is 4.74 Å². The molecule has 0 aliphatic carbocycles. The maximum Gasteiger partial charge on any atom is 0.387 e. The highest BCUT2D eigenvalue weighted by Crippen LogP contribution is 2.31. The Morgan fingerprint density at radius 1 is 1.56 bits per heavy atom. The molecule has 0 heterocycles. The molecule has 0 saturated carbocycles. The summed E-state index contributed by atoms with van der Waals surface area (Å²) in [7, 11) is 0. The highest BCUT2D eigenvalue weighted by Gasteiger charge is 2.22. The standard InChI is InChI=1S/C11H8ClF2NO3/c1-2-17-10(16)6-3-4-8(12)7(5-15)9(6)18-11(13)14/h3-4,11H,2H2,1H3. The van der Waals surface area contributed by atoms with E-state index in [9.17, 15) is 13.6 Å². The van der Waals surface area contributed by atoms with Gasteiger partial charge in [0, 0.05) is 0 Å². The van der Waals surface area contributed by atoms with Crippen LogP contribution in [0.3, 0.4) is 0 Å². The van der Waals surface area contributed by atoms with E-state index >= 15 is 0 Å². The highest BCUT2D eigenvalue weighted by molar-refractivity contribution is 6.32. The fourth-order valence-corrected chi connectivity index (χ4v) is 1.43. The average molecular weight is 276 g/mol. The molecule has 0 aliphatic heterocycles. The quantitative estimate of drug-likeness (QED) is 0.793. The summed E-state index contributed by atoms with van der Waals surface area (Å²) in [6.45, 7) is -1.55. The van der Waals surface area contributed by atoms with Gasteiger partial charge in [-0.1, -0.05) is 11.6 Å². The molecule has 0 bridgehead atoms. The van der Waals surface area contributed by atoms with Crippen molar-refractivity contribution in [3.8, 4) is 11.8 Å². The van der Waals surface area contributed by atoms with E-state index in [4.69, 9.17) is 16.9 Å². The average Bonchev–Trinajstić information content (AvgIpc) is 2.29. The van der Waals surface area contributed by atoms with Crippen molar-refractivity contribution in [1.82, 2.24) is 0 Å². The summed E-state index contributed by atoms with van der Waals surface area (Å²) in [6.07, 6.45) is 0. The molecule has 1 rings (SSSR count). The first-order valence-corrected chi connectivity index (χ1v) is 5.23. The Morgan fingerprint density at radius 3 is 2.72 bits per heavy atom. The summed E-state index contributed by atoms with van der Waals surface area (Å²) in [5.41, 5.74) is -0.597.